The van der Waals surface area contributed by atoms with Crippen molar-refractivity contribution in [2.75, 3.05) is 6.61 Å². The molecule has 0 fully saturated rings. The van der Waals surface area contributed by atoms with Gasteiger partial charge in [-0.15, -0.1) is 0 Å². The number of thiocarbonyl (C=S) groups is 1. The molecule has 0 aromatic carbocycles. The van der Waals surface area contributed by atoms with Crippen LogP contribution in [0.5, 0.6) is 0 Å². The Labute approximate surface area is 70.1 Å². The summed E-state index contributed by atoms with van der Waals surface area (Å²) in [4.78, 5) is 0. The summed E-state index contributed by atoms with van der Waals surface area (Å²) >= 11 is 8.30. The fourth-order valence-electron chi connectivity index (χ4n) is 0.416. The van der Waals surface area contributed by atoms with Crippen LogP contribution in [0.25, 0.3) is 0 Å². The van der Waals surface area contributed by atoms with Crippen LogP contribution in [-0.2, 0) is 0 Å². The molecule has 0 rings (SSSR count). The Kier molecular flexibility index (Phi) is 5.20. The molecule has 0 aromatic rings. The summed E-state index contributed by atoms with van der Waals surface area (Å²) in [5, 5.41) is 26.8. The van der Waals surface area contributed by atoms with E-state index in [-0.39, 0.29) is 0 Å². The van der Waals surface area contributed by atoms with Gasteiger partial charge in [0.1, 0.15) is 6.10 Å². The van der Waals surface area contributed by atoms with Crippen LogP contribution in [0.4, 0.5) is 0 Å². The van der Waals surface area contributed by atoms with E-state index in [1.807, 2.05) is 0 Å². The topological polar surface area (TPSA) is 60.7 Å². The van der Waals surface area contributed by atoms with Crippen molar-refractivity contribution in [1.82, 2.24) is 0 Å². The third-order valence-corrected chi connectivity index (χ3v) is 2.02. The second kappa shape index (κ2) is 5.03. The van der Waals surface area contributed by atoms with Gasteiger partial charge in [0.05, 0.1) is 18.0 Å². The van der Waals surface area contributed by atoms with Crippen molar-refractivity contribution in [3.63, 3.8) is 0 Å². The summed E-state index contributed by atoms with van der Waals surface area (Å²) in [6.45, 7) is -0.485. The Balaban J connectivity index is 3.80. The average Bonchev–Trinajstić information content (AvgIpc) is 2.00. The Morgan fingerprint density at radius 2 is 2.00 bits per heavy atom. The van der Waals surface area contributed by atoms with Gasteiger partial charge in [-0.3, -0.25) is 0 Å². The van der Waals surface area contributed by atoms with Gasteiger partial charge in [-0.25, -0.2) is 0 Å². The van der Waals surface area contributed by atoms with Gasteiger partial charge in [0.25, 0.3) is 0 Å². The molecule has 0 radical (unpaired) electrons. The van der Waals surface area contributed by atoms with E-state index in [4.69, 9.17) is 15.3 Å². The van der Waals surface area contributed by atoms with Crippen molar-refractivity contribution in [2.24, 2.45) is 0 Å². The molecule has 0 saturated heterocycles. The summed E-state index contributed by atoms with van der Waals surface area (Å²) in [7, 11) is 0. The van der Waals surface area contributed by atoms with Gasteiger partial charge in [-0.1, -0.05) is 12.2 Å². The average molecular weight is 182 g/mol. The minimum atomic E-state index is -1.17. The zero-order valence-corrected chi connectivity index (χ0v) is 6.92. The lowest BCUT2D eigenvalue weighted by molar-refractivity contribution is -0.00675. The second-order valence-corrected chi connectivity index (χ2v) is 2.74. The Morgan fingerprint density at radius 1 is 1.50 bits per heavy atom. The number of hydrogen-bond donors (Lipinski definition) is 4. The summed E-state index contributed by atoms with van der Waals surface area (Å²) in [6.07, 6.45) is -2.26. The first-order chi connectivity index (χ1) is 4.63. The maximum atomic E-state index is 9.00. The smallest absolute Gasteiger partial charge is 0.104 e. The number of hydrogen-bond acceptors (Lipinski definition) is 5. The summed E-state index contributed by atoms with van der Waals surface area (Å²) in [5.41, 5.74) is 0. The summed E-state index contributed by atoms with van der Waals surface area (Å²) in [6, 6.07) is 0. The monoisotopic (exact) mass is 182 g/mol. The zero-order chi connectivity index (χ0) is 8.15. The molecule has 0 saturated carbocycles. The van der Waals surface area contributed by atoms with E-state index >= 15 is 0 Å². The second-order valence-electron chi connectivity index (χ2n) is 1.87. The molecule has 0 aliphatic carbocycles. The molecule has 0 aromatic heterocycles. The maximum Gasteiger partial charge on any atom is 0.104 e. The molecule has 0 amide bonds. The highest BCUT2D eigenvalue weighted by atomic mass is 32.1. The third kappa shape index (κ3) is 2.94. The van der Waals surface area contributed by atoms with Crippen LogP contribution >= 0.6 is 24.8 Å². The first kappa shape index (κ1) is 10.3. The van der Waals surface area contributed by atoms with E-state index in [1.165, 1.54) is 5.37 Å². The van der Waals surface area contributed by atoms with Crippen LogP contribution in [-0.4, -0.2) is 44.8 Å². The summed E-state index contributed by atoms with van der Waals surface area (Å²) in [5.74, 6) is 0. The molecule has 0 aliphatic heterocycles. The lowest BCUT2D eigenvalue weighted by Crippen LogP contribution is -2.37. The fourth-order valence-corrected chi connectivity index (χ4v) is 0.776. The van der Waals surface area contributed by atoms with Crippen LogP contribution in [0.2, 0.25) is 0 Å². The maximum absolute atomic E-state index is 9.00. The highest BCUT2D eigenvalue weighted by Crippen LogP contribution is 2.03. The van der Waals surface area contributed by atoms with Crippen molar-refractivity contribution in [2.45, 2.75) is 17.5 Å². The molecule has 60 valence electrons. The Hall–Kier alpha value is 0.320. The molecule has 0 aliphatic rings. The number of thiol groups is 1. The highest BCUT2D eigenvalue weighted by Gasteiger charge is 2.20. The predicted molar refractivity (Wildman–Crippen MR) is 45.5 cm³/mol. The molecule has 10 heavy (non-hydrogen) atoms. The molecule has 3 N–H and O–H groups in total. The van der Waals surface area contributed by atoms with E-state index < -0.39 is 24.1 Å². The SMILES string of the molecule is OC[C@@H](O)[C@@H](O)[C@@H](S)C=S. The van der Waals surface area contributed by atoms with Crippen molar-refractivity contribution in [3.8, 4) is 0 Å². The number of aliphatic hydroxyl groups excluding tert-OH is 3. The van der Waals surface area contributed by atoms with Gasteiger partial charge in [-0.2, -0.15) is 12.6 Å². The fraction of sp³-hybridized carbons (Fsp3) is 0.800. The van der Waals surface area contributed by atoms with Crippen LogP contribution in [0.15, 0.2) is 0 Å². The Bertz CT molecular complexity index is 109. The normalized spacial score (nSPS) is 19.6. The molecule has 0 spiro atoms. The molecule has 3 nitrogen and oxygen atoms in total. The predicted octanol–water partition coefficient (Wildman–Crippen LogP) is -1.00. The quantitative estimate of drug-likeness (QED) is 0.333. The van der Waals surface area contributed by atoms with Crippen LogP contribution in [0.1, 0.15) is 0 Å². The highest BCUT2D eigenvalue weighted by molar-refractivity contribution is 7.85. The van der Waals surface area contributed by atoms with E-state index in [1.54, 1.807) is 0 Å². The van der Waals surface area contributed by atoms with Gasteiger partial charge in [0, 0.05) is 0 Å². The lowest BCUT2D eigenvalue weighted by Gasteiger charge is -2.17. The first-order valence-electron chi connectivity index (χ1n) is 2.73. The van der Waals surface area contributed by atoms with Crippen molar-refractivity contribution in [1.29, 1.82) is 0 Å². The van der Waals surface area contributed by atoms with Crippen molar-refractivity contribution >= 4 is 30.2 Å². The molecule has 0 unspecified atom stereocenters. The van der Waals surface area contributed by atoms with Crippen molar-refractivity contribution < 1.29 is 15.3 Å². The van der Waals surface area contributed by atoms with Crippen molar-refractivity contribution in [3.05, 3.63) is 0 Å². The molecule has 0 bridgehead atoms. The first-order valence-corrected chi connectivity index (χ1v) is 3.72. The van der Waals surface area contributed by atoms with Gasteiger partial charge >= 0.3 is 0 Å². The molecule has 0 heterocycles. The largest absolute Gasteiger partial charge is 0.394 e. The molecular formula is C5H10O3S2. The van der Waals surface area contributed by atoms with Gasteiger partial charge in [0.2, 0.25) is 0 Å². The number of aliphatic hydroxyl groups is 3. The minimum Gasteiger partial charge on any atom is -0.394 e. The molecule has 3 atom stereocenters. The molecular weight excluding hydrogens is 172 g/mol. The number of rotatable bonds is 4. The van der Waals surface area contributed by atoms with E-state index in [2.05, 4.69) is 24.8 Å². The third-order valence-electron chi connectivity index (χ3n) is 1.07. The van der Waals surface area contributed by atoms with Crippen LogP contribution in [0.3, 0.4) is 0 Å². The lowest BCUT2D eigenvalue weighted by atomic mass is 10.1. The zero-order valence-electron chi connectivity index (χ0n) is 5.21. The standard InChI is InChI=1S/C5H10O3S2/c6-1-3(7)5(8)4(10)2-9/h2-8,10H,1H2/t3-,4+,5-/m1/s1. The Morgan fingerprint density at radius 3 is 2.30 bits per heavy atom. The van der Waals surface area contributed by atoms with Gasteiger partial charge < -0.3 is 15.3 Å². The van der Waals surface area contributed by atoms with E-state index in [9.17, 15) is 0 Å². The minimum absolute atomic E-state index is 0.485. The molecule has 5 heteroatoms. The van der Waals surface area contributed by atoms with E-state index in [0.29, 0.717) is 0 Å². The van der Waals surface area contributed by atoms with E-state index in [0.717, 1.165) is 0 Å². The van der Waals surface area contributed by atoms with Gasteiger partial charge in [0.15, 0.2) is 0 Å². The van der Waals surface area contributed by atoms with Gasteiger partial charge in [-0.05, 0) is 5.37 Å². The van der Waals surface area contributed by atoms with Crippen LogP contribution < -0.4 is 0 Å². The summed E-state index contributed by atoms with van der Waals surface area (Å²) < 4.78 is 0. The van der Waals surface area contributed by atoms with Crippen LogP contribution in [0, 0.1) is 0 Å².